The van der Waals surface area contributed by atoms with Crippen LogP contribution in [-0.4, -0.2) is 33.6 Å². The Morgan fingerprint density at radius 1 is 1.52 bits per heavy atom. The van der Waals surface area contributed by atoms with Crippen LogP contribution >= 0.6 is 0 Å². The van der Waals surface area contributed by atoms with Crippen molar-refractivity contribution in [2.45, 2.75) is 45.0 Å². The van der Waals surface area contributed by atoms with Gasteiger partial charge in [-0.1, -0.05) is 13.3 Å². The van der Waals surface area contributed by atoms with Gasteiger partial charge in [0, 0.05) is 12.1 Å². The molecule has 1 N–H and O–H groups in total. The van der Waals surface area contributed by atoms with Crippen molar-refractivity contribution in [2.75, 3.05) is 0 Å². The SMILES string of the molecule is CCCC1=NN(C(=O)c2ccc(C)o2)[C@@](O)(C(F)(F)F)C1. The van der Waals surface area contributed by atoms with E-state index in [1.807, 2.05) is 0 Å². The van der Waals surface area contributed by atoms with Crippen molar-refractivity contribution in [1.29, 1.82) is 0 Å². The van der Waals surface area contributed by atoms with Gasteiger partial charge in [-0.25, -0.2) is 0 Å². The molecule has 2 rings (SSSR count). The molecule has 0 radical (unpaired) electrons. The first-order valence-electron chi connectivity index (χ1n) is 6.45. The molecule has 1 aromatic rings. The van der Waals surface area contributed by atoms with E-state index in [0.29, 0.717) is 12.2 Å². The van der Waals surface area contributed by atoms with Crippen LogP contribution in [0.2, 0.25) is 0 Å². The molecule has 0 fully saturated rings. The van der Waals surface area contributed by atoms with Gasteiger partial charge in [-0.05, 0) is 25.5 Å². The number of rotatable bonds is 3. The van der Waals surface area contributed by atoms with Crippen LogP contribution in [-0.2, 0) is 0 Å². The summed E-state index contributed by atoms with van der Waals surface area (Å²) in [7, 11) is 0. The van der Waals surface area contributed by atoms with Gasteiger partial charge in [0.15, 0.2) is 5.76 Å². The van der Waals surface area contributed by atoms with Crippen molar-refractivity contribution in [3.63, 3.8) is 0 Å². The second-order valence-corrected chi connectivity index (χ2v) is 4.93. The van der Waals surface area contributed by atoms with Crippen LogP contribution < -0.4 is 0 Å². The Balaban J connectivity index is 2.38. The molecule has 1 aromatic heterocycles. The highest BCUT2D eigenvalue weighted by Gasteiger charge is 2.63. The van der Waals surface area contributed by atoms with Crippen LogP contribution in [0.4, 0.5) is 13.2 Å². The molecular formula is C13H15F3N2O3. The zero-order valence-electron chi connectivity index (χ0n) is 11.6. The number of carbonyl (C=O) groups is 1. The zero-order valence-corrected chi connectivity index (χ0v) is 11.6. The van der Waals surface area contributed by atoms with Gasteiger partial charge in [-0.3, -0.25) is 4.79 Å². The molecule has 1 aliphatic rings. The average Bonchev–Trinajstić information content (AvgIpc) is 2.93. The number of amides is 1. The number of halogens is 3. The summed E-state index contributed by atoms with van der Waals surface area (Å²) in [5, 5.41) is 13.7. The van der Waals surface area contributed by atoms with Crippen LogP contribution in [0.5, 0.6) is 0 Å². The van der Waals surface area contributed by atoms with Crippen molar-refractivity contribution >= 4 is 11.6 Å². The molecule has 1 atom stereocenters. The van der Waals surface area contributed by atoms with E-state index in [2.05, 4.69) is 5.10 Å². The number of hydrazone groups is 1. The number of carbonyl (C=O) groups excluding carboxylic acids is 1. The number of alkyl halides is 3. The molecule has 21 heavy (non-hydrogen) atoms. The van der Waals surface area contributed by atoms with E-state index in [1.54, 1.807) is 13.8 Å². The monoisotopic (exact) mass is 304 g/mol. The molecule has 0 spiro atoms. The smallest absolute Gasteiger partial charge is 0.438 e. The Hall–Kier alpha value is -1.83. The molecule has 0 saturated carbocycles. The lowest BCUT2D eigenvalue weighted by Gasteiger charge is -2.32. The van der Waals surface area contributed by atoms with Crippen LogP contribution in [0.3, 0.4) is 0 Å². The minimum atomic E-state index is -5.01. The highest BCUT2D eigenvalue weighted by atomic mass is 19.4. The lowest BCUT2D eigenvalue weighted by Crippen LogP contribution is -2.56. The maximum Gasteiger partial charge on any atom is 0.438 e. The van der Waals surface area contributed by atoms with E-state index >= 15 is 0 Å². The summed E-state index contributed by atoms with van der Waals surface area (Å²) in [6.07, 6.45) is -4.91. The largest absolute Gasteiger partial charge is 0.456 e. The lowest BCUT2D eigenvalue weighted by atomic mass is 10.0. The van der Waals surface area contributed by atoms with Crippen molar-refractivity contribution in [2.24, 2.45) is 5.10 Å². The Bertz CT molecular complexity index is 579. The zero-order chi connectivity index (χ0) is 15.8. The van der Waals surface area contributed by atoms with E-state index < -0.39 is 24.2 Å². The van der Waals surface area contributed by atoms with E-state index in [9.17, 15) is 23.1 Å². The van der Waals surface area contributed by atoms with Gasteiger partial charge in [0.05, 0.1) is 0 Å². The Kier molecular flexibility index (Phi) is 3.83. The lowest BCUT2D eigenvalue weighted by molar-refractivity contribution is -0.297. The fraction of sp³-hybridized carbons (Fsp3) is 0.538. The first-order valence-corrected chi connectivity index (χ1v) is 6.45. The first-order chi connectivity index (χ1) is 9.69. The van der Waals surface area contributed by atoms with Gasteiger partial charge in [0.25, 0.3) is 5.72 Å². The number of nitrogens with zero attached hydrogens (tertiary/aromatic N) is 2. The summed E-state index contributed by atoms with van der Waals surface area (Å²) >= 11 is 0. The second kappa shape index (κ2) is 5.18. The molecule has 1 aliphatic heterocycles. The second-order valence-electron chi connectivity index (χ2n) is 4.93. The fourth-order valence-electron chi connectivity index (χ4n) is 2.13. The van der Waals surface area contributed by atoms with Crippen molar-refractivity contribution in [3.8, 4) is 0 Å². The van der Waals surface area contributed by atoms with Crippen molar-refractivity contribution < 1.29 is 27.5 Å². The number of hydrogen-bond acceptors (Lipinski definition) is 4. The van der Waals surface area contributed by atoms with E-state index in [4.69, 9.17) is 4.42 Å². The minimum absolute atomic E-state index is 0.0796. The van der Waals surface area contributed by atoms with Crippen LogP contribution in [0.1, 0.15) is 42.5 Å². The van der Waals surface area contributed by atoms with Gasteiger partial charge in [-0.2, -0.15) is 23.3 Å². The molecule has 8 heteroatoms. The van der Waals surface area contributed by atoms with Gasteiger partial charge < -0.3 is 9.52 Å². The highest BCUT2D eigenvalue weighted by Crippen LogP contribution is 2.41. The summed E-state index contributed by atoms with van der Waals surface area (Å²) in [5.41, 5.74) is -3.19. The third-order valence-corrected chi connectivity index (χ3v) is 3.18. The molecule has 1 amide bonds. The molecule has 0 aliphatic carbocycles. The van der Waals surface area contributed by atoms with Gasteiger partial charge >= 0.3 is 12.1 Å². The number of furan rings is 1. The molecule has 0 unspecified atom stereocenters. The highest BCUT2D eigenvalue weighted by molar-refractivity contribution is 5.96. The first kappa shape index (κ1) is 15.6. The normalized spacial score (nSPS) is 22.6. The molecule has 2 heterocycles. The van der Waals surface area contributed by atoms with Gasteiger partial charge in [0.2, 0.25) is 0 Å². The molecule has 0 saturated heterocycles. The van der Waals surface area contributed by atoms with Gasteiger partial charge in [0.1, 0.15) is 5.76 Å². The maximum absolute atomic E-state index is 13.1. The number of hydrogen-bond donors (Lipinski definition) is 1. The predicted octanol–water partition coefficient (Wildman–Crippen LogP) is 2.84. The topological polar surface area (TPSA) is 66.0 Å². The third kappa shape index (κ3) is 2.67. The molecule has 0 bridgehead atoms. The summed E-state index contributed by atoms with van der Waals surface area (Å²) in [5.74, 6) is -1.03. The third-order valence-electron chi connectivity index (χ3n) is 3.18. The van der Waals surface area contributed by atoms with Crippen LogP contribution in [0, 0.1) is 6.92 Å². The fourth-order valence-corrected chi connectivity index (χ4v) is 2.13. The van der Waals surface area contributed by atoms with E-state index in [1.165, 1.54) is 12.1 Å². The van der Waals surface area contributed by atoms with Crippen molar-refractivity contribution in [3.05, 3.63) is 23.7 Å². The molecule has 5 nitrogen and oxygen atoms in total. The Morgan fingerprint density at radius 2 is 2.19 bits per heavy atom. The molecule has 0 aromatic carbocycles. The predicted molar refractivity (Wildman–Crippen MR) is 67.6 cm³/mol. The standard InChI is InChI=1S/C13H15F3N2O3/c1-3-4-9-7-12(20,13(14,15)16)18(17-9)11(19)10-6-5-8(2)21-10/h5-6,20H,3-4,7H2,1-2H3/t12-/m0/s1. The van der Waals surface area contributed by atoms with E-state index in [0.717, 1.165) is 0 Å². The van der Waals surface area contributed by atoms with Crippen molar-refractivity contribution in [1.82, 2.24) is 5.01 Å². The Labute approximate surface area is 119 Å². The summed E-state index contributed by atoms with van der Waals surface area (Å²) in [4.78, 5) is 12.1. The number of aliphatic hydroxyl groups is 1. The number of aryl methyl sites for hydroxylation is 1. The summed E-state index contributed by atoms with van der Waals surface area (Å²) in [6, 6.07) is 2.70. The summed E-state index contributed by atoms with van der Waals surface area (Å²) < 4.78 is 44.4. The molecule has 116 valence electrons. The van der Waals surface area contributed by atoms with Gasteiger partial charge in [-0.15, -0.1) is 0 Å². The molecular weight excluding hydrogens is 289 g/mol. The van der Waals surface area contributed by atoms with Crippen LogP contribution in [0.15, 0.2) is 21.7 Å². The Morgan fingerprint density at radius 3 is 2.67 bits per heavy atom. The summed E-state index contributed by atoms with van der Waals surface area (Å²) in [6.45, 7) is 3.33. The van der Waals surface area contributed by atoms with E-state index in [-0.39, 0.29) is 22.9 Å². The minimum Gasteiger partial charge on any atom is -0.456 e. The average molecular weight is 304 g/mol. The maximum atomic E-state index is 13.1. The quantitative estimate of drug-likeness (QED) is 0.933. The van der Waals surface area contributed by atoms with Crippen LogP contribution in [0.25, 0.3) is 0 Å².